The van der Waals surface area contributed by atoms with E-state index in [1.807, 2.05) is 0 Å². The number of morpholine rings is 1. The molecule has 1 N–H and O–H groups in total. The van der Waals surface area contributed by atoms with Crippen molar-refractivity contribution in [1.82, 2.24) is 25.0 Å². The maximum Gasteiger partial charge on any atom is 0.163 e. The number of rotatable bonds is 4. The van der Waals surface area contributed by atoms with Gasteiger partial charge in [0.1, 0.15) is 12.4 Å². The van der Waals surface area contributed by atoms with Crippen LogP contribution >= 0.6 is 0 Å². The summed E-state index contributed by atoms with van der Waals surface area (Å²) in [6.45, 7) is 4.36. The maximum atomic E-state index is 5.67. The molecule has 1 aliphatic rings. The lowest BCUT2D eigenvalue weighted by Crippen LogP contribution is -2.35. The standard InChI is InChI=1S/C10H19N5O/c1-14(2)4-5-15-8-12-13-10(15)9-7-11-3-6-16-9/h8-9,11H,3-7H2,1-2H3. The molecule has 1 unspecified atom stereocenters. The van der Waals surface area contributed by atoms with Crippen LogP contribution in [-0.4, -0.2) is 60.0 Å². The summed E-state index contributed by atoms with van der Waals surface area (Å²) in [5.41, 5.74) is 0. The van der Waals surface area contributed by atoms with E-state index < -0.39 is 0 Å². The van der Waals surface area contributed by atoms with E-state index in [-0.39, 0.29) is 6.10 Å². The zero-order chi connectivity index (χ0) is 11.4. The Morgan fingerprint density at radius 3 is 3.19 bits per heavy atom. The molecule has 16 heavy (non-hydrogen) atoms. The molecule has 1 aromatic heterocycles. The average Bonchev–Trinajstić information content (AvgIpc) is 2.75. The number of aromatic nitrogens is 3. The third-order valence-electron chi connectivity index (χ3n) is 2.65. The van der Waals surface area contributed by atoms with Gasteiger partial charge < -0.3 is 19.5 Å². The lowest BCUT2D eigenvalue weighted by atomic mass is 10.3. The summed E-state index contributed by atoms with van der Waals surface area (Å²) in [7, 11) is 4.12. The van der Waals surface area contributed by atoms with E-state index in [1.54, 1.807) is 6.33 Å². The van der Waals surface area contributed by atoms with Gasteiger partial charge in [0.25, 0.3) is 0 Å². The van der Waals surface area contributed by atoms with Crippen LogP contribution in [0.4, 0.5) is 0 Å². The molecule has 1 fully saturated rings. The number of hydrogen-bond acceptors (Lipinski definition) is 5. The van der Waals surface area contributed by atoms with Crippen molar-refractivity contribution in [3.05, 3.63) is 12.2 Å². The molecule has 0 spiro atoms. The normalized spacial score (nSPS) is 21.6. The number of nitrogens with zero attached hydrogens (tertiary/aromatic N) is 4. The monoisotopic (exact) mass is 225 g/mol. The van der Waals surface area contributed by atoms with Crippen molar-refractivity contribution in [2.24, 2.45) is 0 Å². The highest BCUT2D eigenvalue weighted by atomic mass is 16.5. The molecule has 1 saturated heterocycles. The van der Waals surface area contributed by atoms with Crippen molar-refractivity contribution in [1.29, 1.82) is 0 Å². The Labute approximate surface area is 95.6 Å². The molecule has 6 heteroatoms. The van der Waals surface area contributed by atoms with E-state index in [0.717, 1.165) is 38.6 Å². The van der Waals surface area contributed by atoms with E-state index in [0.29, 0.717) is 0 Å². The van der Waals surface area contributed by atoms with Crippen LogP contribution in [0.5, 0.6) is 0 Å². The first-order chi connectivity index (χ1) is 7.77. The summed E-state index contributed by atoms with van der Waals surface area (Å²) in [6.07, 6.45) is 1.81. The first-order valence-corrected chi connectivity index (χ1v) is 5.62. The lowest BCUT2D eigenvalue weighted by Gasteiger charge is -2.23. The molecule has 0 aromatic carbocycles. The summed E-state index contributed by atoms with van der Waals surface area (Å²) >= 11 is 0. The Bertz CT molecular complexity index is 319. The summed E-state index contributed by atoms with van der Waals surface area (Å²) in [4.78, 5) is 2.14. The molecule has 1 aromatic rings. The van der Waals surface area contributed by atoms with Crippen LogP contribution in [0.25, 0.3) is 0 Å². The summed E-state index contributed by atoms with van der Waals surface area (Å²) in [5, 5.41) is 11.4. The zero-order valence-corrected chi connectivity index (χ0v) is 9.89. The topological polar surface area (TPSA) is 55.2 Å². The largest absolute Gasteiger partial charge is 0.368 e. The van der Waals surface area contributed by atoms with E-state index in [4.69, 9.17) is 4.74 Å². The minimum atomic E-state index is 0.0402. The maximum absolute atomic E-state index is 5.67. The number of likely N-dealkylation sites (N-methyl/N-ethyl adjacent to an activating group) is 1. The van der Waals surface area contributed by atoms with Crippen LogP contribution in [0.15, 0.2) is 6.33 Å². The third-order valence-corrected chi connectivity index (χ3v) is 2.65. The van der Waals surface area contributed by atoms with Crippen molar-refractivity contribution < 1.29 is 4.74 Å². The minimum Gasteiger partial charge on any atom is -0.368 e. The SMILES string of the molecule is CN(C)CCn1cnnc1C1CNCCO1. The van der Waals surface area contributed by atoms with Gasteiger partial charge in [-0.15, -0.1) is 10.2 Å². The van der Waals surface area contributed by atoms with Crippen LogP contribution in [-0.2, 0) is 11.3 Å². The highest BCUT2D eigenvalue weighted by Gasteiger charge is 2.20. The summed E-state index contributed by atoms with van der Waals surface area (Å²) in [5.74, 6) is 0.925. The van der Waals surface area contributed by atoms with Gasteiger partial charge in [-0.25, -0.2) is 0 Å². The second kappa shape index (κ2) is 5.38. The van der Waals surface area contributed by atoms with Crippen molar-refractivity contribution in [3.8, 4) is 0 Å². The fourth-order valence-corrected chi connectivity index (χ4v) is 1.72. The van der Waals surface area contributed by atoms with Gasteiger partial charge in [-0.1, -0.05) is 0 Å². The quantitative estimate of drug-likeness (QED) is 0.748. The van der Waals surface area contributed by atoms with Crippen LogP contribution in [0.3, 0.4) is 0 Å². The molecule has 6 nitrogen and oxygen atoms in total. The Balaban J connectivity index is 2.00. The average molecular weight is 225 g/mol. The Kier molecular flexibility index (Phi) is 3.87. The highest BCUT2D eigenvalue weighted by molar-refractivity contribution is 4.94. The highest BCUT2D eigenvalue weighted by Crippen LogP contribution is 2.15. The van der Waals surface area contributed by atoms with Crippen molar-refractivity contribution in [2.45, 2.75) is 12.6 Å². The van der Waals surface area contributed by atoms with E-state index in [9.17, 15) is 0 Å². The molecule has 2 rings (SSSR count). The molecule has 90 valence electrons. The lowest BCUT2D eigenvalue weighted by molar-refractivity contribution is 0.0195. The first kappa shape index (κ1) is 11.5. The van der Waals surface area contributed by atoms with Crippen molar-refractivity contribution in [2.75, 3.05) is 40.3 Å². The molecule has 0 saturated carbocycles. The van der Waals surface area contributed by atoms with Gasteiger partial charge in [-0.05, 0) is 14.1 Å². The summed E-state index contributed by atoms with van der Waals surface area (Å²) in [6, 6.07) is 0. The molecule has 0 radical (unpaired) electrons. The van der Waals surface area contributed by atoms with Crippen LogP contribution < -0.4 is 5.32 Å². The predicted molar refractivity (Wildman–Crippen MR) is 60.1 cm³/mol. The molecule has 0 aliphatic carbocycles. The smallest absolute Gasteiger partial charge is 0.163 e. The fourth-order valence-electron chi connectivity index (χ4n) is 1.72. The predicted octanol–water partition coefficient (Wildman–Crippen LogP) is -0.499. The molecular weight excluding hydrogens is 206 g/mol. The zero-order valence-electron chi connectivity index (χ0n) is 9.89. The van der Waals surface area contributed by atoms with Gasteiger partial charge in [-0.3, -0.25) is 0 Å². The van der Waals surface area contributed by atoms with Gasteiger partial charge in [0.2, 0.25) is 0 Å². The first-order valence-electron chi connectivity index (χ1n) is 5.62. The second-order valence-corrected chi connectivity index (χ2v) is 4.25. The number of hydrogen-bond donors (Lipinski definition) is 1. The van der Waals surface area contributed by atoms with E-state index in [1.165, 1.54) is 0 Å². The Morgan fingerprint density at radius 1 is 1.62 bits per heavy atom. The summed E-state index contributed by atoms with van der Waals surface area (Å²) < 4.78 is 7.74. The molecule has 1 atom stereocenters. The number of ether oxygens (including phenoxy) is 1. The van der Waals surface area contributed by atoms with Gasteiger partial charge in [0.15, 0.2) is 5.82 Å². The molecule has 1 aliphatic heterocycles. The Morgan fingerprint density at radius 2 is 2.50 bits per heavy atom. The molecule has 2 heterocycles. The molecule has 0 amide bonds. The van der Waals surface area contributed by atoms with Crippen LogP contribution in [0.2, 0.25) is 0 Å². The molecule has 0 bridgehead atoms. The fraction of sp³-hybridized carbons (Fsp3) is 0.800. The van der Waals surface area contributed by atoms with Crippen LogP contribution in [0.1, 0.15) is 11.9 Å². The van der Waals surface area contributed by atoms with Crippen molar-refractivity contribution in [3.63, 3.8) is 0 Å². The van der Waals surface area contributed by atoms with Gasteiger partial charge >= 0.3 is 0 Å². The van der Waals surface area contributed by atoms with Gasteiger partial charge in [0.05, 0.1) is 6.61 Å². The van der Waals surface area contributed by atoms with Gasteiger partial charge in [0, 0.05) is 26.2 Å². The second-order valence-electron chi connectivity index (χ2n) is 4.25. The van der Waals surface area contributed by atoms with E-state index in [2.05, 4.69) is 39.1 Å². The Hall–Kier alpha value is -0.980. The van der Waals surface area contributed by atoms with Gasteiger partial charge in [-0.2, -0.15) is 0 Å². The third kappa shape index (κ3) is 2.78. The number of nitrogens with one attached hydrogen (secondary N) is 1. The van der Waals surface area contributed by atoms with Crippen LogP contribution in [0, 0.1) is 0 Å². The minimum absolute atomic E-state index is 0.0402. The van der Waals surface area contributed by atoms with E-state index >= 15 is 0 Å². The molecular formula is C10H19N5O. The van der Waals surface area contributed by atoms with Crippen molar-refractivity contribution >= 4 is 0 Å².